The number of nitrogens with one attached hydrogen (secondary N) is 1. The number of aromatic nitrogens is 3. The SMILES string of the molecule is CCn1c(SCC(=O)Nc2ccccc2OC(F)F)nnc1-c1cccs1. The van der Waals surface area contributed by atoms with Crippen LogP contribution in [0, 0.1) is 0 Å². The van der Waals surface area contributed by atoms with E-state index in [9.17, 15) is 13.6 Å². The molecule has 2 heterocycles. The highest BCUT2D eigenvalue weighted by Gasteiger charge is 2.16. The van der Waals surface area contributed by atoms with Crippen LogP contribution in [0.25, 0.3) is 10.7 Å². The number of nitrogens with zero attached hydrogens (tertiary/aromatic N) is 3. The summed E-state index contributed by atoms with van der Waals surface area (Å²) < 4.78 is 31.2. The van der Waals surface area contributed by atoms with E-state index in [4.69, 9.17) is 0 Å². The average molecular weight is 410 g/mol. The van der Waals surface area contributed by atoms with Crippen molar-refractivity contribution >= 4 is 34.7 Å². The van der Waals surface area contributed by atoms with Crippen molar-refractivity contribution < 1.29 is 18.3 Å². The molecule has 3 aromatic rings. The van der Waals surface area contributed by atoms with E-state index < -0.39 is 6.61 Å². The molecule has 0 spiro atoms. The Morgan fingerprint density at radius 1 is 1.30 bits per heavy atom. The van der Waals surface area contributed by atoms with Crippen LogP contribution in [0.3, 0.4) is 0 Å². The molecule has 0 unspecified atom stereocenters. The van der Waals surface area contributed by atoms with E-state index >= 15 is 0 Å². The van der Waals surface area contributed by atoms with Crippen LogP contribution in [0.5, 0.6) is 5.75 Å². The van der Waals surface area contributed by atoms with Gasteiger partial charge >= 0.3 is 6.61 Å². The third-order valence-corrected chi connectivity index (χ3v) is 5.32. The van der Waals surface area contributed by atoms with Crippen LogP contribution in [0.2, 0.25) is 0 Å². The van der Waals surface area contributed by atoms with Gasteiger partial charge in [0, 0.05) is 6.54 Å². The van der Waals surface area contributed by atoms with Gasteiger partial charge in [0.05, 0.1) is 16.3 Å². The molecule has 0 radical (unpaired) electrons. The maximum Gasteiger partial charge on any atom is 0.387 e. The molecule has 0 fully saturated rings. The van der Waals surface area contributed by atoms with Gasteiger partial charge in [0.25, 0.3) is 0 Å². The van der Waals surface area contributed by atoms with E-state index in [0.29, 0.717) is 11.7 Å². The Hall–Kier alpha value is -2.46. The molecule has 6 nitrogen and oxygen atoms in total. The number of hydrogen-bond acceptors (Lipinski definition) is 6. The molecule has 0 atom stereocenters. The second-order valence-electron chi connectivity index (χ2n) is 5.24. The number of hydrogen-bond donors (Lipinski definition) is 1. The summed E-state index contributed by atoms with van der Waals surface area (Å²) in [5.74, 6) is 0.383. The predicted octanol–water partition coefficient (Wildman–Crippen LogP) is 4.36. The highest BCUT2D eigenvalue weighted by Crippen LogP contribution is 2.28. The molecule has 0 aliphatic rings. The molecule has 27 heavy (non-hydrogen) atoms. The summed E-state index contributed by atoms with van der Waals surface area (Å²) in [6.45, 7) is -0.325. The number of rotatable bonds is 8. The number of halogens is 2. The summed E-state index contributed by atoms with van der Waals surface area (Å²) in [6, 6.07) is 9.95. The number of anilines is 1. The molecule has 0 saturated carbocycles. The van der Waals surface area contributed by atoms with E-state index in [1.807, 2.05) is 29.0 Å². The van der Waals surface area contributed by atoms with E-state index in [2.05, 4.69) is 20.3 Å². The molecule has 2 aromatic heterocycles. The first-order chi connectivity index (χ1) is 13.1. The van der Waals surface area contributed by atoms with Crippen molar-refractivity contribution in [2.75, 3.05) is 11.1 Å². The zero-order valence-electron chi connectivity index (χ0n) is 14.3. The lowest BCUT2D eigenvalue weighted by Crippen LogP contribution is -2.16. The van der Waals surface area contributed by atoms with Gasteiger partial charge in [0.1, 0.15) is 5.75 Å². The zero-order valence-corrected chi connectivity index (χ0v) is 15.9. The summed E-state index contributed by atoms with van der Waals surface area (Å²) in [5, 5.41) is 13.5. The Morgan fingerprint density at radius 2 is 2.11 bits per heavy atom. The molecular weight excluding hydrogens is 394 g/mol. The van der Waals surface area contributed by atoms with Gasteiger partial charge in [-0.05, 0) is 30.5 Å². The van der Waals surface area contributed by atoms with Crippen LogP contribution in [-0.4, -0.2) is 33.0 Å². The minimum Gasteiger partial charge on any atom is -0.433 e. The number of para-hydroxylation sites is 2. The topological polar surface area (TPSA) is 69.0 Å². The third-order valence-electron chi connectivity index (χ3n) is 3.48. The van der Waals surface area contributed by atoms with Gasteiger partial charge in [0.2, 0.25) is 5.91 Å². The van der Waals surface area contributed by atoms with Crippen LogP contribution < -0.4 is 10.1 Å². The molecule has 0 aliphatic heterocycles. The van der Waals surface area contributed by atoms with Crippen molar-refractivity contribution in [2.45, 2.75) is 25.2 Å². The molecule has 142 valence electrons. The van der Waals surface area contributed by atoms with E-state index in [0.717, 1.165) is 10.7 Å². The first-order valence-corrected chi connectivity index (χ1v) is 9.88. The quantitative estimate of drug-likeness (QED) is 0.559. The lowest BCUT2D eigenvalue weighted by molar-refractivity contribution is -0.113. The number of thioether (sulfide) groups is 1. The van der Waals surface area contributed by atoms with E-state index in [1.54, 1.807) is 23.5 Å². The summed E-state index contributed by atoms with van der Waals surface area (Å²) in [5.41, 5.74) is 0.194. The van der Waals surface area contributed by atoms with E-state index in [1.165, 1.54) is 23.9 Å². The van der Waals surface area contributed by atoms with Gasteiger partial charge in [-0.1, -0.05) is 30.0 Å². The highest BCUT2D eigenvalue weighted by atomic mass is 32.2. The highest BCUT2D eigenvalue weighted by molar-refractivity contribution is 7.99. The molecular formula is C17H16F2N4O2S2. The van der Waals surface area contributed by atoms with Crippen molar-refractivity contribution in [3.8, 4) is 16.5 Å². The van der Waals surface area contributed by atoms with Gasteiger partial charge in [-0.3, -0.25) is 4.79 Å². The molecule has 1 N–H and O–H groups in total. The number of ether oxygens (including phenoxy) is 1. The second-order valence-corrected chi connectivity index (χ2v) is 7.13. The fourth-order valence-corrected chi connectivity index (χ4v) is 3.87. The van der Waals surface area contributed by atoms with Gasteiger partial charge in [-0.2, -0.15) is 8.78 Å². The zero-order chi connectivity index (χ0) is 19.2. The molecule has 1 aromatic carbocycles. The number of benzene rings is 1. The smallest absolute Gasteiger partial charge is 0.387 e. The van der Waals surface area contributed by atoms with Crippen molar-refractivity contribution in [3.05, 3.63) is 41.8 Å². The van der Waals surface area contributed by atoms with E-state index in [-0.39, 0.29) is 23.1 Å². The normalized spacial score (nSPS) is 11.0. The van der Waals surface area contributed by atoms with Crippen LogP contribution in [0.4, 0.5) is 14.5 Å². The Balaban J connectivity index is 1.65. The third kappa shape index (κ3) is 4.83. The number of carbonyl (C=O) groups is 1. The Bertz CT molecular complexity index is 900. The van der Waals surface area contributed by atoms with Crippen molar-refractivity contribution in [3.63, 3.8) is 0 Å². The molecule has 0 bridgehead atoms. The molecule has 3 rings (SSSR count). The summed E-state index contributed by atoms with van der Waals surface area (Å²) in [7, 11) is 0. The molecule has 0 aliphatic carbocycles. The Kier molecular flexibility index (Phi) is 6.40. The van der Waals surface area contributed by atoms with Crippen molar-refractivity contribution in [1.82, 2.24) is 14.8 Å². The second kappa shape index (κ2) is 8.96. The maximum absolute atomic E-state index is 12.5. The van der Waals surface area contributed by atoms with Gasteiger partial charge in [0.15, 0.2) is 11.0 Å². The number of amides is 1. The first kappa shape index (κ1) is 19.3. The number of thiophene rings is 1. The van der Waals surface area contributed by atoms with Gasteiger partial charge in [-0.25, -0.2) is 0 Å². The lowest BCUT2D eigenvalue weighted by atomic mass is 10.3. The fourth-order valence-electron chi connectivity index (χ4n) is 2.35. The standard InChI is InChI=1S/C17H16F2N4O2S2/c1-2-23-15(13-8-5-9-26-13)21-22-17(23)27-10-14(24)20-11-6-3-4-7-12(11)25-16(18)19/h3-9,16H,2,10H2,1H3,(H,20,24). The first-order valence-electron chi connectivity index (χ1n) is 8.02. The van der Waals surface area contributed by atoms with Crippen molar-refractivity contribution in [2.24, 2.45) is 0 Å². The molecule has 1 amide bonds. The molecule has 0 saturated heterocycles. The summed E-state index contributed by atoms with van der Waals surface area (Å²) in [6.07, 6.45) is 0. The minimum absolute atomic E-state index is 0.0611. The monoisotopic (exact) mass is 410 g/mol. The maximum atomic E-state index is 12.5. The number of alkyl halides is 2. The van der Waals surface area contributed by atoms with Crippen molar-refractivity contribution in [1.29, 1.82) is 0 Å². The summed E-state index contributed by atoms with van der Waals surface area (Å²) in [4.78, 5) is 13.2. The Labute approximate surface area is 162 Å². The van der Waals surface area contributed by atoms with Crippen LogP contribution in [0.1, 0.15) is 6.92 Å². The minimum atomic E-state index is -2.96. The van der Waals surface area contributed by atoms with Crippen LogP contribution >= 0.6 is 23.1 Å². The average Bonchev–Trinajstić information content (AvgIpc) is 3.30. The lowest BCUT2D eigenvalue weighted by Gasteiger charge is -2.11. The van der Waals surface area contributed by atoms with Crippen LogP contribution in [-0.2, 0) is 11.3 Å². The summed E-state index contributed by atoms with van der Waals surface area (Å²) >= 11 is 2.79. The fraction of sp³-hybridized carbons (Fsp3) is 0.235. The van der Waals surface area contributed by atoms with Gasteiger partial charge < -0.3 is 14.6 Å². The van der Waals surface area contributed by atoms with Gasteiger partial charge in [-0.15, -0.1) is 21.5 Å². The Morgan fingerprint density at radius 3 is 2.81 bits per heavy atom. The van der Waals surface area contributed by atoms with Crippen LogP contribution in [0.15, 0.2) is 46.9 Å². The predicted molar refractivity (Wildman–Crippen MR) is 101 cm³/mol. The molecule has 10 heteroatoms. The number of carbonyl (C=O) groups excluding carboxylic acids is 1. The largest absolute Gasteiger partial charge is 0.433 e.